The molecule has 0 saturated heterocycles. The van der Waals surface area contributed by atoms with E-state index in [9.17, 15) is 4.79 Å². The molecule has 0 bridgehead atoms. The third-order valence-corrected chi connectivity index (χ3v) is 4.68. The largest absolute Gasteiger partial charge is 0.394 e. The second-order valence-electron chi connectivity index (χ2n) is 5.81. The van der Waals surface area contributed by atoms with E-state index in [0.29, 0.717) is 6.42 Å². The third-order valence-electron chi connectivity index (χ3n) is 3.50. The van der Waals surface area contributed by atoms with Gasteiger partial charge >= 0.3 is 0 Å². The van der Waals surface area contributed by atoms with E-state index in [1.807, 2.05) is 19.1 Å². The van der Waals surface area contributed by atoms with E-state index >= 15 is 0 Å². The SMILES string of the molecule is CCCCCCC(=O)c1ccc(CCC(C)(N)CO)s1. The van der Waals surface area contributed by atoms with E-state index in [1.165, 1.54) is 17.7 Å². The van der Waals surface area contributed by atoms with Crippen molar-refractivity contribution in [3.8, 4) is 0 Å². The van der Waals surface area contributed by atoms with Gasteiger partial charge in [-0.1, -0.05) is 26.2 Å². The van der Waals surface area contributed by atoms with Gasteiger partial charge in [0.1, 0.15) is 0 Å². The first-order chi connectivity index (χ1) is 9.48. The van der Waals surface area contributed by atoms with Gasteiger partial charge in [0, 0.05) is 16.8 Å². The highest BCUT2D eigenvalue weighted by atomic mass is 32.1. The molecule has 4 heteroatoms. The molecule has 0 saturated carbocycles. The number of carbonyl (C=O) groups is 1. The minimum Gasteiger partial charge on any atom is -0.394 e. The molecule has 0 aliphatic carbocycles. The quantitative estimate of drug-likeness (QED) is 0.513. The van der Waals surface area contributed by atoms with Crippen LogP contribution in [0.2, 0.25) is 0 Å². The number of hydrogen-bond acceptors (Lipinski definition) is 4. The zero-order chi connectivity index (χ0) is 15.0. The number of rotatable bonds is 10. The maximum atomic E-state index is 12.0. The third kappa shape index (κ3) is 6.16. The molecular weight excluding hydrogens is 270 g/mol. The molecule has 0 aliphatic rings. The number of aliphatic hydroxyl groups is 1. The lowest BCUT2D eigenvalue weighted by molar-refractivity contribution is 0.0983. The molecule has 1 aromatic rings. The van der Waals surface area contributed by atoms with E-state index in [2.05, 4.69) is 6.92 Å². The Kier molecular flexibility index (Phi) is 7.41. The van der Waals surface area contributed by atoms with Gasteiger partial charge in [0.15, 0.2) is 5.78 Å². The molecular formula is C16H27NO2S. The number of aryl methyl sites for hydroxylation is 1. The molecule has 1 rings (SSSR count). The van der Waals surface area contributed by atoms with Gasteiger partial charge in [-0.25, -0.2) is 0 Å². The monoisotopic (exact) mass is 297 g/mol. The molecule has 0 aromatic carbocycles. The normalized spacial score (nSPS) is 14.2. The summed E-state index contributed by atoms with van der Waals surface area (Å²) in [5.41, 5.74) is 5.38. The maximum absolute atomic E-state index is 12.0. The topological polar surface area (TPSA) is 63.3 Å². The van der Waals surface area contributed by atoms with Crippen LogP contribution in [0, 0.1) is 0 Å². The molecule has 3 nitrogen and oxygen atoms in total. The first-order valence-electron chi connectivity index (χ1n) is 7.50. The predicted octanol–water partition coefficient (Wildman–Crippen LogP) is 3.54. The van der Waals surface area contributed by atoms with Crippen molar-refractivity contribution in [1.82, 2.24) is 0 Å². The van der Waals surface area contributed by atoms with Crippen LogP contribution >= 0.6 is 11.3 Å². The number of nitrogens with two attached hydrogens (primary N) is 1. The molecule has 0 radical (unpaired) electrons. The minimum absolute atomic E-state index is 0.0123. The second kappa shape index (κ2) is 8.55. The second-order valence-corrected chi connectivity index (χ2v) is 6.98. The van der Waals surface area contributed by atoms with Crippen molar-refractivity contribution in [2.45, 2.75) is 64.3 Å². The molecule has 1 heterocycles. The van der Waals surface area contributed by atoms with Crippen LogP contribution in [-0.2, 0) is 6.42 Å². The number of carbonyl (C=O) groups excluding carboxylic acids is 1. The van der Waals surface area contributed by atoms with Crippen LogP contribution in [0.5, 0.6) is 0 Å². The summed E-state index contributed by atoms with van der Waals surface area (Å²) in [4.78, 5) is 14.1. The van der Waals surface area contributed by atoms with Crippen molar-refractivity contribution in [3.63, 3.8) is 0 Å². The molecule has 20 heavy (non-hydrogen) atoms. The Hall–Kier alpha value is -0.710. The van der Waals surface area contributed by atoms with Crippen LogP contribution in [0.1, 0.15) is 66.9 Å². The van der Waals surface area contributed by atoms with Crippen LogP contribution in [0.25, 0.3) is 0 Å². The van der Waals surface area contributed by atoms with E-state index < -0.39 is 5.54 Å². The fourth-order valence-electron chi connectivity index (χ4n) is 1.99. The Morgan fingerprint density at radius 1 is 1.35 bits per heavy atom. The maximum Gasteiger partial charge on any atom is 0.172 e. The van der Waals surface area contributed by atoms with Crippen LogP contribution in [0.3, 0.4) is 0 Å². The Balaban J connectivity index is 2.40. The number of Topliss-reactive ketones (excluding diaryl/α,β-unsaturated/α-hetero) is 1. The molecule has 0 fully saturated rings. The summed E-state index contributed by atoms with van der Waals surface area (Å²) >= 11 is 1.57. The van der Waals surface area contributed by atoms with E-state index in [1.54, 1.807) is 11.3 Å². The van der Waals surface area contributed by atoms with Crippen molar-refractivity contribution in [2.24, 2.45) is 5.73 Å². The average Bonchev–Trinajstić information content (AvgIpc) is 2.90. The van der Waals surface area contributed by atoms with Gasteiger partial charge in [0.05, 0.1) is 11.5 Å². The standard InChI is InChI=1S/C16H27NO2S/c1-3-4-5-6-7-14(19)15-9-8-13(20-15)10-11-16(2,17)12-18/h8-9,18H,3-7,10-12,17H2,1-2H3. The molecule has 114 valence electrons. The number of aliphatic hydroxyl groups excluding tert-OH is 1. The Labute approximate surface area is 126 Å². The van der Waals surface area contributed by atoms with Crippen molar-refractivity contribution in [3.05, 3.63) is 21.9 Å². The lowest BCUT2D eigenvalue weighted by Crippen LogP contribution is -2.40. The summed E-state index contributed by atoms with van der Waals surface area (Å²) in [5, 5.41) is 9.13. The lowest BCUT2D eigenvalue weighted by Gasteiger charge is -2.20. The highest BCUT2D eigenvalue weighted by Crippen LogP contribution is 2.22. The molecule has 0 aliphatic heterocycles. The number of thiophene rings is 1. The Bertz CT molecular complexity index is 412. The number of unbranched alkanes of at least 4 members (excludes halogenated alkanes) is 3. The van der Waals surface area contributed by atoms with Crippen molar-refractivity contribution in [1.29, 1.82) is 0 Å². The highest BCUT2D eigenvalue weighted by molar-refractivity contribution is 7.14. The van der Waals surface area contributed by atoms with Gasteiger partial charge in [-0.2, -0.15) is 0 Å². The lowest BCUT2D eigenvalue weighted by atomic mass is 9.98. The fraction of sp³-hybridized carbons (Fsp3) is 0.688. The summed E-state index contributed by atoms with van der Waals surface area (Å²) in [6.07, 6.45) is 6.74. The van der Waals surface area contributed by atoms with Crippen LogP contribution < -0.4 is 5.73 Å². The van der Waals surface area contributed by atoms with Gasteiger partial charge in [-0.15, -0.1) is 11.3 Å². The smallest absolute Gasteiger partial charge is 0.172 e. The summed E-state index contributed by atoms with van der Waals surface area (Å²) in [6.45, 7) is 4.01. The number of hydrogen-bond donors (Lipinski definition) is 2. The van der Waals surface area contributed by atoms with Crippen molar-refractivity contribution in [2.75, 3.05) is 6.61 Å². The molecule has 1 aromatic heterocycles. The van der Waals surface area contributed by atoms with E-state index in [-0.39, 0.29) is 12.4 Å². The molecule has 3 N–H and O–H groups in total. The molecule has 1 atom stereocenters. The van der Waals surface area contributed by atoms with Gasteiger partial charge in [-0.3, -0.25) is 4.79 Å². The number of ketones is 1. The molecule has 0 amide bonds. The zero-order valence-electron chi connectivity index (χ0n) is 12.7. The van der Waals surface area contributed by atoms with Gasteiger partial charge < -0.3 is 10.8 Å². The van der Waals surface area contributed by atoms with Gasteiger partial charge in [0.25, 0.3) is 0 Å². The van der Waals surface area contributed by atoms with Crippen LogP contribution in [0.4, 0.5) is 0 Å². The summed E-state index contributed by atoms with van der Waals surface area (Å²) < 4.78 is 0. The summed E-state index contributed by atoms with van der Waals surface area (Å²) in [5.74, 6) is 0.259. The Morgan fingerprint density at radius 3 is 2.75 bits per heavy atom. The zero-order valence-corrected chi connectivity index (χ0v) is 13.5. The van der Waals surface area contributed by atoms with Crippen molar-refractivity contribution < 1.29 is 9.90 Å². The first kappa shape index (κ1) is 17.3. The molecule has 0 spiro atoms. The van der Waals surface area contributed by atoms with Crippen LogP contribution in [-0.4, -0.2) is 23.0 Å². The highest BCUT2D eigenvalue weighted by Gasteiger charge is 2.17. The first-order valence-corrected chi connectivity index (χ1v) is 8.32. The van der Waals surface area contributed by atoms with Gasteiger partial charge in [-0.05, 0) is 38.3 Å². The fourth-order valence-corrected chi connectivity index (χ4v) is 2.96. The van der Waals surface area contributed by atoms with Crippen molar-refractivity contribution >= 4 is 17.1 Å². The van der Waals surface area contributed by atoms with Crippen LogP contribution in [0.15, 0.2) is 12.1 Å². The van der Waals surface area contributed by atoms with E-state index in [0.717, 1.165) is 30.6 Å². The minimum atomic E-state index is -0.533. The van der Waals surface area contributed by atoms with E-state index in [4.69, 9.17) is 10.8 Å². The summed E-state index contributed by atoms with van der Waals surface area (Å²) in [7, 11) is 0. The Morgan fingerprint density at radius 2 is 2.10 bits per heavy atom. The summed E-state index contributed by atoms with van der Waals surface area (Å²) in [6, 6.07) is 3.94. The average molecular weight is 297 g/mol. The molecule has 1 unspecified atom stereocenters. The predicted molar refractivity (Wildman–Crippen MR) is 85.4 cm³/mol. The van der Waals surface area contributed by atoms with Gasteiger partial charge in [0.2, 0.25) is 0 Å².